The number of halogens is 1. The van der Waals surface area contributed by atoms with Gasteiger partial charge in [0.05, 0.1) is 17.6 Å². The summed E-state index contributed by atoms with van der Waals surface area (Å²) in [5.74, 6) is 0.970. The third-order valence-corrected chi connectivity index (χ3v) is 9.17. The minimum atomic E-state index is 0.0463. The van der Waals surface area contributed by atoms with Crippen molar-refractivity contribution >= 4 is 43.6 Å². The van der Waals surface area contributed by atoms with Gasteiger partial charge in [0.25, 0.3) is 5.91 Å². The fraction of sp³-hybridized carbons (Fsp3) is 0.333. The number of hydrogen-bond donors (Lipinski definition) is 0. The van der Waals surface area contributed by atoms with Crippen molar-refractivity contribution in [2.24, 2.45) is 0 Å². The minimum Gasteiger partial charge on any atom is -0.331 e. The van der Waals surface area contributed by atoms with E-state index in [-0.39, 0.29) is 5.91 Å². The number of benzene rings is 4. The average molecular weight is 624 g/mol. The van der Waals surface area contributed by atoms with Crippen molar-refractivity contribution in [3.05, 3.63) is 112 Å². The third kappa shape index (κ3) is 6.16. The van der Waals surface area contributed by atoms with Crippen molar-refractivity contribution in [3.63, 3.8) is 0 Å². The Bertz CT molecular complexity index is 1680. The molecule has 0 spiro atoms. The molecule has 4 aromatic carbocycles. The molecular weight excluding hydrogens is 584 g/mol. The van der Waals surface area contributed by atoms with Crippen molar-refractivity contribution in [2.75, 3.05) is 19.6 Å². The molecule has 1 fully saturated rings. The van der Waals surface area contributed by atoms with Crippen molar-refractivity contribution in [1.29, 1.82) is 0 Å². The summed E-state index contributed by atoms with van der Waals surface area (Å²) < 4.78 is 3.27. The highest BCUT2D eigenvalue weighted by Gasteiger charge is 2.23. The summed E-state index contributed by atoms with van der Waals surface area (Å²) >= 11 is 3.71. The fourth-order valence-electron chi connectivity index (χ4n) is 6.23. The van der Waals surface area contributed by atoms with Gasteiger partial charge in [0.1, 0.15) is 5.82 Å². The molecule has 6 rings (SSSR count). The maximum Gasteiger partial charge on any atom is 0.254 e. The largest absolute Gasteiger partial charge is 0.331 e. The number of amides is 1. The van der Waals surface area contributed by atoms with E-state index in [4.69, 9.17) is 4.98 Å². The van der Waals surface area contributed by atoms with Crippen LogP contribution in [0, 0.1) is 0 Å². The zero-order chi connectivity index (χ0) is 28.9. The van der Waals surface area contributed by atoms with Crippen molar-refractivity contribution in [3.8, 4) is 0 Å². The Kier molecular flexibility index (Phi) is 9.01. The maximum absolute atomic E-state index is 14.2. The number of hydrogen-bond acceptors (Lipinski definition) is 3. The SMILES string of the molecule is CCCCN(Cc1nc2ccccc2n1Cc1ccccc1CN1CCCCC1)C(=O)c1cccc2cccc(Br)c12. The fourth-order valence-corrected chi connectivity index (χ4v) is 6.83. The van der Waals surface area contributed by atoms with Crippen LogP contribution in [0.1, 0.15) is 66.3 Å². The molecule has 0 N–H and O–H groups in total. The van der Waals surface area contributed by atoms with E-state index in [0.717, 1.165) is 63.6 Å². The van der Waals surface area contributed by atoms with E-state index in [1.807, 2.05) is 35.2 Å². The van der Waals surface area contributed by atoms with E-state index in [2.05, 4.69) is 86.9 Å². The minimum absolute atomic E-state index is 0.0463. The van der Waals surface area contributed by atoms with E-state index >= 15 is 0 Å². The lowest BCUT2D eigenvalue weighted by atomic mass is 10.0. The molecule has 6 heteroatoms. The van der Waals surface area contributed by atoms with Crippen LogP contribution >= 0.6 is 15.9 Å². The Morgan fingerprint density at radius 2 is 1.57 bits per heavy atom. The first-order valence-corrected chi connectivity index (χ1v) is 16.1. The summed E-state index contributed by atoms with van der Waals surface area (Å²) in [6.07, 6.45) is 5.87. The average Bonchev–Trinajstić information content (AvgIpc) is 3.36. The molecule has 1 aliphatic rings. The Morgan fingerprint density at radius 3 is 2.36 bits per heavy atom. The molecular formula is C36H39BrN4O. The van der Waals surface area contributed by atoms with Crippen LogP contribution in [-0.4, -0.2) is 44.9 Å². The van der Waals surface area contributed by atoms with Crippen LogP contribution in [0.5, 0.6) is 0 Å². The maximum atomic E-state index is 14.2. The lowest BCUT2D eigenvalue weighted by molar-refractivity contribution is 0.0737. The van der Waals surface area contributed by atoms with E-state index in [1.54, 1.807) is 0 Å². The molecule has 0 atom stereocenters. The zero-order valence-corrected chi connectivity index (χ0v) is 26.0. The normalized spacial score (nSPS) is 14.0. The molecule has 1 aromatic heterocycles. The van der Waals surface area contributed by atoms with Crippen LogP contribution in [0.2, 0.25) is 0 Å². The predicted molar refractivity (Wildman–Crippen MR) is 176 cm³/mol. The van der Waals surface area contributed by atoms with Crippen molar-refractivity contribution < 1.29 is 4.79 Å². The topological polar surface area (TPSA) is 41.4 Å². The van der Waals surface area contributed by atoms with Gasteiger partial charge < -0.3 is 9.47 Å². The van der Waals surface area contributed by atoms with E-state index in [0.29, 0.717) is 13.1 Å². The molecule has 0 bridgehead atoms. The van der Waals surface area contributed by atoms with Crippen LogP contribution in [0.15, 0.2) is 89.4 Å². The summed E-state index contributed by atoms with van der Waals surface area (Å²) in [6, 6.07) is 29.3. The molecule has 1 saturated heterocycles. The van der Waals surface area contributed by atoms with Gasteiger partial charge in [-0.05, 0) is 73.1 Å². The summed E-state index contributed by atoms with van der Waals surface area (Å²) in [5, 5.41) is 2.02. The van der Waals surface area contributed by atoms with Gasteiger partial charge in [0.15, 0.2) is 0 Å². The van der Waals surface area contributed by atoms with Crippen LogP contribution in [-0.2, 0) is 19.6 Å². The van der Waals surface area contributed by atoms with Crippen molar-refractivity contribution in [2.45, 2.75) is 58.7 Å². The summed E-state index contributed by atoms with van der Waals surface area (Å²) in [5.41, 5.74) is 5.50. The Morgan fingerprint density at radius 1 is 0.857 bits per heavy atom. The van der Waals surface area contributed by atoms with Gasteiger partial charge >= 0.3 is 0 Å². The molecule has 216 valence electrons. The number of unbranched alkanes of at least 4 members (excludes halogenated alkanes) is 1. The smallest absolute Gasteiger partial charge is 0.254 e. The highest BCUT2D eigenvalue weighted by atomic mass is 79.9. The second kappa shape index (κ2) is 13.2. The summed E-state index contributed by atoms with van der Waals surface area (Å²) in [4.78, 5) is 23.9. The molecule has 5 aromatic rings. The number of piperidine rings is 1. The lowest BCUT2D eigenvalue weighted by Gasteiger charge is -2.27. The van der Waals surface area contributed by atoms with Gasteiger partial charge in [0, 0.05) is 35.1 Å². The first-order valence-electron chi connectivity index (χ1n) is 15.3. The zero-order valence-electron chi connectivity index (χ0n) is 24.4. The number of nitrogens with zero attached hydrogens (tertiary/aromatic N) is 4. The van der Waals surface area contributed by atoms with Gasteiger partial charge in [-0.15, -0.1) is 0 Å². The predicted octanol–water partition coefficient (Wildman–Crippen LogP) is 8.43. The lowest BCUT2D eigenvalue weighted by Crippen LogP contribution is -2.33. The van der Waals surface area contributed by atoms with Crippen LogP contribution < -0.4 is 0 Å². The number of para-hydroxylation sites is 2. The molecule has 0 saturated carbocycles. The molecule has 42 heavy (non-hydrogen) atoms. The van der Waals surface area contributed by atoms with Gasteiger partial charge in [-0.1, -0.05) is 96.4 Å². The third-order valence-electron chi connectivity index (χ3n) is 8.51. The van der Waals surface area contributed by atoms with Gasteiger partial charge in [-0.25, -0.2) is 4.98 Å². The number of carbonyl (C=O) groups excluding carboxylic acids is 1. The Balaban J connectivity index is 1.36. The number of likely N-dealkylation sites (tertiary alicyclic amines) is 1. The summed E-state index contributed by atoms with van der Waals surface area (Å²) in [7, 11) is 0. The highest BCUT2D eigenvalue weighted by molar-refractivity contribution is 9.10. The molecule has 0 unspecified atom stereocenters. The highest BCUT2D eigenvalue weighted by Crippen LogP contribution is 2.29. The van der Waals surface area contributed by atoms with Gasteiger partial charge in [-0.3, -0.25) is 9.69 Å². The molecule has 1 aliphatic heterocycles. The summed E-state index contributed by atoms with van der Waals surface area (Å²) in [6.45, 7) is 7.38. The molecule has 1 amide bonds. The molecule has 2 heterocycles. The number of imidazole rings is 1. The quantitative estimate of drug-likeness (QED) is 0.157. The van der Waals surface area contributed by atoms with Crippen LogP contribution in [0.3, 0.4) is 0 Å². The monoisotopic (exact) mass is 622 g/mol. The van der Waals surface area contributed by atoms with E-state index in [1.165, 1.54) is 43.5 Å². The van der Waals surface area contributed by atoms with Gasteiger partial charge in [0.2, 0.25) is 0 Å². The van der Waals surface area contributed by atoms with Crippen molar-refractivity contribution in [1.82, 2.24) is 19.4 Å². The second-order valence-corrected chi connectivity index (χ2v) is 12.3. The second-order valence-electron chi connectivity index (χ2n) is 11.4. The van der Waals surface area contributed by atoms with Crippen LogP contribution in [0.25, 0.3) is 21.8 Å². The van der Waals surface area contributed by atoms with Gasteiger partial charge in [-0.2, -0.15) is 0 Å². The van der Waals surface area contributed by atoms with E-state index < -0.39 is 0 Å². The molecule has 0 radical (unpaired) electrons. The number of aromatic nitrogens is 2. The number of rotatable bonds is 10. The standard InChI is InChI=1S/C36H39BrN4O/c1-2-3-23-40(36(42)30-17-11-15-27-16-12-18-31(37)35(27)30)26-34-38-32-19-7-8-20-33(32)41(34)25-29-14-6-5-13-28(29)24-39-21-9-4-10-22-39/h5-8,11-20H,2-4,9-10,21-26H2,1H3. The first-order chi connectivity index (χ1) is 20.6. The molecule has 5 nitrogen and oxygen atoms in total. The van der Waals surface area contributed by atoms with E-state index in [9.17, 15) is 4.79 Å². The van der Waals surface area contributed by atoms with Crippen LogP contribution in [0.4, 0.5) is 0 Å². The first kappa shape index (κ1) is 28.6. The Labute approximate surface area is 257 Å². The molecule has 0 aliphatic carbocycles. The number of carbonyl (C=O) groups is 1. The Hall–Kier alpha value is -3.48. The number of fused-ring (bicyclic) bond motifs is 2.